The lowest BCUT2D eigenvalue weighted by Crippen LogP contribution is -2.02. The van der Waals surface area contributed by atoms with Gasteiger partial charge in [0, 0.05) is 23.1 Å². The van der Waals surface area contributed by atoms with Crippen LogP contribution in [-0.2, 0) is 0 Å². The summed E-state index contributed by atoms with van der Waals surface area (Å²) in [6, 6.07) is 87.7. The fraction of sp³-hybridized carbons (Fsp3) is 0. The lowest BCUT2D eigenvalue weighted by Gasteiger charge is -2.22. The summed E-state index contributed by atoms with van der Waals surface area (Å²) in [6.45, 7) is 0. The Balaban J connectivity index is 1.21. The highest BCUT2D eigenvalue weighted by Crippen LogP contribution is 2.47. The third-order valence-corrected chi connectivity index (χ3v) is 12.6. The van der Waals surface area contributed by atoms with Gasteiger partial charge in [-0.25, -0.2) is 0 Å². The molecule has 0 aliphatic rings. The fourth-order valence-electron chi connectivity index (χ4n) is 9.77. The highest BCUT2D eigenvalue weighted by molar-refractivity contribution is 6.24. The number of nitrogens with zero attached hydrogens (tertiary/aromatic N) is 3. The second-order valence-corrected chi connectivity index (χ2v) is 16.3. The van der Waals surface area contributed by atoms with Gasteiger partial charge in [0.05, 0.1) is 28.5 Å². The van der Waals surface area contributed by atoms with Crippen molar-refractivity contribution in [2.45, 2.75) is 0 Å². The Morgan fingerprint density at radius 1 is 0.281 bits per heavy atom. The van der Waals surface area contributed by atoms with E-state index in [0.29, 0.717) is 0 Å². The van der Waals surface area contributed by atoms with Gasteiger partial charge in [0.25, 0.3) is 0 Å². The van der Waals surface area contributed by atoms with Crippen molar-refractivity contribution in [3.63, 3.8) is 0 Å². The molecule has 0 saturated heterocycles. The number of hydrogen-bond acceptors (Lipinski definition) is 1. The van der Waals surface area contributed by atoms with E-state index in [1.807, 2.05) is 12.3 Å². The van der Waals surface area contributed by atoms with Crippen LogP contribution in [0.4, 0.5) is 0 Å². The average molecular weight is 816 g/mol. The van der Waals surface area contributed by atoms with E-state index in [2.05, 4.69) is 246 Å². The highest BCUT2D eigenvalue weighted by Gasteiger charge is 2.23. The van der Waals surface area contributed by atoms with Crippen molar-refractivity contribution in [1.82, 2.24) is 14.1 Å². The molecule has 0 fully saturated rings. The minimum absolute atomic E-state index is 0.932. The molecule has 3 aromatic heterocycles. The van der Waals surface area contributed by atoms with Crippen LogP contribution >= 0.6 is 0 Å². The lowest BCUT2D eigenvalue weighted by molar-refractivity contribution is 1.10. The summed E-state index contributed by atoms with van der Waals surface area (Å²) in [6.07, 6.45) is 1.91. The Bertz CT molecular complexity index is 3510. The Morgan fingerprint density at radius 2 is 0.703 bits per heavy atom. The Labute approximate surface area is 372 Å². The molecular weight excluding hydrogens is 775 g/mol. The molecule has 0 bridgehead atoms. The molecule has 0 spiro atoms. The second-order valence-electron chi connectivity index (χ2n) is 16.3. The Hall–Kier alpha value is -8.53. The van der Waals surface area contributed by atoms with Crippen LogP contribution in [0.2, 0.25) is 0 Å². The summed E-state index contributed by atoms with van der Waals surface area (Å²) in [5.41, 5.74) is 15.8. The van der Waals surface area contributed by atoms with Crippen molar-refractivity contribution in [2.75, 3.05) is 0 Å². The van der Waals surface area contributed by atoms with Crippen molar-refractivity contribution in [3.8, 4) is 78.8 Å². The van der Waals surface area contributed by atoms with E-state index in [1.165, 1.54) is 27.3 Å². The summed E-state index contributed by atoms with van der Waals surface area (Å²) in [5.74, 6) is 0. The molecule has 300 valence electrons. The largest absolute Gasteiger partial charge is 0.309 e. The molecule has 3 heterocycles. The third kappa shape index (κ3) is 6.33. The van der Waals surface area contributed by atoms with Gasteiger partial charge in [-0.15, -0.1) is 0 Å². The van der Waals surface area contributed by atoms with E-state index in [-0.39, 0.29) is 0 Å². The van der Waals surface area contributed by atoms with Gasteiger partial charge >= 0.3 is 0 Å². The van der Waals surface area contributed by atoms with Crippen LogP contribution in [0.15, 0.2) is 249 Å². The molecule has 9 aromatic carbocycles. The van der Waals surface area contributed by atoms with E-state index in [1.54, 1.807) is 0 Å². The molecule has 12 rings (SSSR count). The summed E-state index contributed by atoms with van der Waals surface area (Å²) in [4.78, 5) is 5.09. The standard InChI is InChI=1S/C61H41N3/c1-5-19-43(20-6-1)56-35-36-57(44-21-7-2-8-22-44)63(56)47-32-34-52-53(40-47)60(50-29-17-27-42-18-13-14-28-49(42)50)51-33-31-48(41-54(51)61(52)55-30-15-16-39-62-55)64-58(45-23-9-3-10-24-45)37-38-59(64)46-25-11-4-12-26-46/h1-41H. The zero-order valence-electron chi connectivity index (χ0n) is 35.0. The first kappa shape index (κ1) is 37.2. The van der Waals surface area contributed by atoms with Crippen LogP contribution in [0, 0.1) is 0 Å². The van der Waals surface area contributed by atoms with Crippen LogP contribution in [0.1, 0.15) is 0 Å². The molecule has 12 aromatic rings. The fourth-order valence-corrected chi connectivity index (χ4v) is 9.77. The number of aromatic nitrogens is 3. The van der Waals surface area contributed by atoms with Gasteiger partial charge in [-0.3, -0.25) is 4.98 Å². The molecule has 0 unspecified atom stereocenters. The van der Waals surface area contributed by atoms with E-state index in [4.69, 9.17) is 4.98 Å². The maximum atomic E-state index is 5.09. The van der Waals surface area contributed by atoms with Crippen molar-refractivity contribution in [1.29, 1.82) is 0 Å². The lowest BCUT2D eigenvalue weighted by atomic mass is 9.85. The normalized spacial score (nSPS) is 11.4. The molecule has 0 radical (unpaired) electrons. The summed E-state index contributed by atoms with van der Waals surface area (Å²) in [5, 5.41) is 7.03. The number of rotatable bonds is 8. The van der Waals surface area contributed by atoms with Gasteiger partial charge in [0.2, 0.25) is 0 Å². The zero-order chi connectivity index (χ0) is 42.4. The molecule has 3 heteroatoms. The third-order valence-electron chi connectivity index (χ3n) is 12.6. The highest BCUT2D eigenvalue weighted by atomic mass is 15.0. The van der Waals surface area contributed by atoms with Crippen LogP contribution in [-0.4, -0.2) is 14.1 Å². The smallest absolute Gasteiger partial charge is 0.0714 e. The molecular formula is C61H41N3. The predicted molar refractivity (Wildman–Crippen MR) is 268 cm³/mol. The first-order valence-electron chi connectivity index (χ1n) is 21.9. The second kappa shape index (κ2) is 15.7. The Morgan fingerprint density at radius 3 is 1.19 bits per heavy atom. The van der Waals surface area contributed by atoms with Crippen LogP contribution in [0.25, 0.3) is 111 Å². The van der Waals surface area contributed by atoms with E-state index >= 15 is 0 Å². The Kier molecular flexibility index (Phi) is 9.16. The van der Waals surface area contributed by atoms with Crippen LogP contribution in [0.5, 0.6) is 0 Å². The average Bonchev–Trinajstić information content (AvgIpc) is 4.03. The van der Waals surface area contributed by atoms with E-state index in [0.717, 1.165) is 83.8 Å². The summed E-state index contributed by atoms with van der Waals surface area (Å²) in [7, 11) is 0. The minimum atomic E-state index is 0.932. The molecule has 0 aliphatic heterocycles. The molecule has 0 aliphatic carbocycles. The van der Waals surface area contributed by atoms with Crippen LogP contribution in [0.3, 0.4) is 0 Å². The minimum Gasteiger partial charge on any atom is -0.309 e. The number of fused-ring (bicyclic) bond motifs is 3. The predicted octanol–water partition coefficient (Wildman–Crippen LogP) is 16.1. The topological polar surface area (TPSA) is 22.8 Å². The van der Waals surface area contributed by atoms with Gasteiger partial charge < -0.3 is 9.13 Å². The summed E-state index contributed by atoms with van der Waals surface area (Å²) >= 11 is 0. The van der Waals surface area contributed by atoms with Gasteiger partial charge in [-0.2, -0.15) is 0 Å². The first-order chi connectivity index (χ1) is 31.8. The van der Waals surface area contributed by atoms with Crippen molar-refractivity contribution < 1.29 is 0 Å². The SMILES string of the molecule is c1ccc(-c2ccc(-c3ccccc3)n2-c2ccc3c(-c4cccc5ccccc45)c4cc(-n5c(-c6ccccc6)ccc5-c5ccccc5)ccc4c(-c4ccccn4)c3c2)cc1. The van der Waals surface area contributed by atoms with E-state index < -0.39 is 0 Å². The summed E-state index contributed by atoms with van der Waals surface area (Å²) < 4.78 is 4.84. The number of pyridine rings is 1. The van der Waals surface area contributed by atoms with Gasteiger partial charge in [0.15, 0.2) is 0 Å². The molecule has 0 N–H and O–H groups in total. The maximum Gasteiger partial charge on any atom is 0.0714 e. The van der Waals surface area contributed by atoms with Crippen LogP contribution < -0.4 is 0 Å². The molecule has 64 heavy (non-hydrogen) atoms. The molecule has 3 nitrogen and oxygen atoms in total. The van der Waals surface area contributed by atoms with Crippen molar-refractivity contribution in [3.05, 3.63) is 249 Å². The number of benzene rings is 9. The van der Waals surface area contributed by atoms with E-state index in [9.17, 15) is 0 Å². The molecule has 0 atom stereocenters. The number of hydrogen-bond donors (Lipinski definition) is 0. The zero-order valence-corrected chi connectivity index (χ0v) is 35.0. The van der Waals surface area contributed by atoms with Gasteiger partial charge in [0.1, 0.15) is 0 Å². The van der Waals surface area contributed by atoms with Gasteiger partial charge in [-0.1, -0.05) is 182 Å². The quantitative estimate of drug-likeness (QED) is 0.140. The monoisotopic (exact) mass is 815 g/mol. The van der Waals surface area contributed by atoms with Crippen molar-refractivity contribution >= 4 is 32.3 Å². The van der Waals surface area contributed by atoms with Gasteiger partial charge in [-0.05, 0) is 126 Å². The maximum absolute atomic E-state index is 5.09. The first-order valence-corrected chi connectivity index (χ1v) is 21.9. The molecule has 0 saturated carbocycles. The van der Waals surface area contributed by atoms with Crippen molar-refractivity contribution in [2.24, 2.45) is 0 Å². The molecule has 0 amide bonds.